The van der Waals surface area contributed by atoms with Gasteiger partial charge in [-0.3, -0.25) is 10.1 Å². The normalized spacial score (nSPS) is 15.8. The van der Waals surface area contributed by atoms with E-state index in [0.29, 0.717) is 19.0 Å². The third-order valence-corrected chi connectivity index (χ3v) is 3.25. The Balaban J connectivity index is 1.72. The summed E-state index contributed by atoms with van der Waals surface area (Å²) in [6.07, 6.45) is 6.68. The highest BCUT2D eigenvalue weighted by Crippen LogP contribution is 2.28. The summed E-state index contributed by atoms with van der Waals surface area (Å²) in [7, 11) is 0. The molecule has 1 amide bonds. The molecule has 0 radical (unpaired) electrons. The van der Waals surface area contributed by atoms with Crippen LogP contribution in [0.4, 0.5) is 5.95 Å². The largest absolute Gasteiger partial charge is 0.463 e. The van der Waals surface area contributed by atoms with Crippen molar-refractivity contribution in [2.24, 2.45) is 5.92 Å². The molecule has 1 saturated carbocycles. The second-order valence-electron chi connectivity index (χ2n) is 4.64. The van der Waals surface area contributed by atoms with Crippen molar-refractivity contribution in [2.45, 2.75) is 45.4 Å². The number of nitrogens with one attached hydrogen (secondary N) is 2. The first kappa shape index (κ1) is 12.9. The minimum atomic E-state index is -0.0129. The summed E-state index contributed by atoms with van der Waals surface area (Å²) >= 11 is 0. The van der Waals surface area contributed by atoms with E-state index in [4.69, 9.17) is 4.74 Å². The van der Waals surface area contributed by atoms with Crippen LogP contribution in [0.3, 0.4) is 0 Å². The second kappa shape index (κ2) is 6.37. The second-order valence-corrected chi connectivity index (χ2v) is 4.64. The molecule has 6 heteroatoms. The lowest BCUT2D eigenvalue weighted by Gasteiger charge is -2.07. The van der Waals surface area contributed by atoms with Gasteiger partial charge in [-0.2, -0.15) is 4.98 Å². The predicted octanol–water partition coefficient (Wildman–Crippen LogP) is 2.11. The van der Waals surface area contributed by atoms with Crippen LogP contribution in [0, 0.1) is 5.92 Å². The van der Waals surface area contributed by atoms with E-state index < -0.39 is 0 Å². The number of H-pyrrole nitrogens is 1. The Morgan fingerprint density at radius 3 is 3.00 bits per heavy atom. The van der Waals surface area contributed by atoms with Gasteiger partial charge in [0.25, 0.3) is 0 Å². The molecule has 18 heavy (non-hydrogen) atoms. The van der Waals surface area contributed by atoms with Gasteiger partial charge in [0.2, 0.25) is 11.9 Å². The topological polar surface area (TPSA) is 79.9 Å². The lowest BCUT2D eigenvalue weighted by Crippen LogP contribution is -2.13. The minimum Gasteiger partial charge on any atom is -0.463 e. The van der Waals surface area contributed by atoms with Gasteiger partial charge in [0.05, 0.1) is 6.61 Å². The van der Waals surface area contributed by atoms with Crippen LogP contribution < -0.4 is 10.1 Å². The van der Waals surface area contributed by atoms with E-state index >= 15 is 0 Å². The molecular formula is C12H20N4O2. The fraction of sp³-hybridized carbons (Fsp3) is 0.750. The summed E-state index contributed by atoms with van der Waals surface area (Å²) in [6.45, 7) is 2.36. The Hall–Kier alpha value is -1.59. The molecule has 1 aromatic heterocycles. The van der Waals surface area contributed by atoms with Gasteiger partial charge >= 0.3 is 6.01 Å². The molecule has 1 heterocycles. The van der Waals surface area contributed by atoms with Gasteiger partial charge < -0.3 is 4.74 Å². The zero-order chi connectivity index (χ0) is 12.8. The maximum Gasteiger partial charge on any atom is 0.337 e. The Bertz CT molecular complexity index is 385. The zero-order valence-corrected chi connectivity index (χ0v) is 10.7. The van der Waals surface area contributed by atoms with Gasteiger partial charge in [0.15, 0.2) is 0 Å². The van der Waals surface area contributed by atoms with Crippen LogP contribution in [0.5, 0.6) is 6.01 Å². The Kier molecular flexibility index (Phi) is 4.55. The SMILES string of the molecule is CCOc1n[nH]c(NC(=O)CCC2CCCC2)n1. The van der Waals surface area contributed by atoms with Crippen molar-refractivity contribution in [2.75, 3.05) is 11.9 Å². The molecule has 0 aliphatic heterocycles. The number of hydrogen-bond donors (Lipinski definition) is 2. The van der Waals surface area contributed by atoms with Crippen molar-refractivity contribution in [3.63, 3.8) is 0 Å². The third kappa shape index (κ3) is 3.72. The van der Waals surface area contributed by atoms with E-state index in [1.807, 2.05) is 6.92 Å². The van der Waals surface area contributed by atoms with Crippen molar-refractivity contribution in [1.82, 2.24) is 15.2 Å². The molecule has 100 valence electrons. The summed E-state index contributed by atoms with van der Waals surface area (Å²) in [6, 6.07) is 0.267. The van der Waals surface area contributed by atoms with Crippen molar-refractivity contribution < 1.29 is 9.53 Å². The highest BCUT2D eigenvalue weighted by molar-refractivity contribution is 5.88. The first-order valence-corrected chi connectivity index (χ1v) is 6.63. The molecule has 0 bridgehead atoms. The van der Waals surface area contributed by atoms with Crippen LogP contribution >= 0.6 is 0 Å². The summed E-state index contributed by atoms with van der Waals surface area (Å²) in [5, 5.41) is 9.15. The van der Waals surface area contributed by atoms with Crippen LogP contribution in [-0.4, -0.2) is 27.7 Å². The minimum absolute atomic E-state index is 0.0129. The monoisotopic (exact) mass is 252 g/mol. The quantitative estimate of drug-likeness (QED) is 0.812. The van der Waals surface area contributed by atoms with Crippen molar-refractivity contribution in [3.05, 3.63) is 0 Å². The number of amides is 1. The number of aromatic amines is 1. The van der Waals surface area contributed by atoms with Gasteiger partial charge in [-0.1, -0.05) is 25.7 Å². The molecule has 1 aliphatic carbocycles. The third-order valence-electron chi connectivity index (χ3n) is 3.25. The first-order valence-electron chi connectivity index (χ1n) is 6.63. The van der Waals surface area contributed by atoms with Gasteiger partial charge in [-0.15, -0.1) is 5.10 Å². The Morgan fingerprint density at radius 1 is 1.50 bits per heavy atom. The summed E-state index contributed by atoms with van der Waals surface area (Å²) < 4.78 is 5.10. The van der Waals surface area contributed by atoms with Crippen LogP contribution in [0.2, 0.25) is 0 Å². The smallest absolute Gasteiger partial charge is 0.337 e. The molecule has 0 saturated heterocycles. The maximum absolute atomic E-state index is 11.7. The number of hydrogen-bond acceptors (Lipinski definition) is 4. The van der Waals surface area contributed by atoms with Crippen LogP contribution in [0.25, 0.3) is 0 Å². The molecule has 2 rings (SSSR count). The molecule has 0 unspecified atom stereocenters. The average molecular weight is 252 g/mol. The Labute approximate surface area is 107 Å². The molecule has 1 aliphatic rings. The number of carbonyl (C=O) groups is 1. The van der Waals surface area contributed by atoms with Gasteiger partial charge in [-0.25, -0.2) is 5.10 Å². The molecule has 6 nitrogen and oxygen atoms in total. The van der Waals surface area contributed by atoms with E-state index in [1.165, 1.54) is 25.7 Å². The molecule has 0 spiro atoms. The highest BCUT2D eigenvalue weighted by Gasteiger charge is 2.16. The average Bonchev–Trinajstić information content (AvgIpc) is 2.99. The predicted molar refractivity (Wildman–Crippen MR) is 67.4 cm³/mol. The van der Waals surface area contributed by atoms with E-state index in [9.17, 15) is 4.79 Å². The van der Waals surface area contributed by atoms with E-state index in [2.05, 4.69) is 20.5 Å². The van der Waals surface area contributed by atoms with Gasteiger partial charge in [-0.05, 0) is 19.3 Å². The molecular weight excluding hydrogens is 232 g/mol. The van der Waals surface area contributed by atoms with Crippen molar-refractivity contribution in [3.8, 4) is 6.01 Å². The first-order chi connectivity index (χ1) is 8.78. The summed E-state index contributed by atoms with van der Waals surface area (Å²) in [4.78, 5) is 15.7. The summed E-state index contributed by atoms with van der Waals surface area (Å²) in [5.74, 6) is 1.07. The highest BCUT2D eigenvalue weighted by atomic mass is 16.5. The number of anilines is 1. The number of aromatic nitrogens is 3. The van der Waals surface area contributed by atoms with Crippen LogP contribution in [-0.2, 0) is 4.79 Å². The molecule has 2 N–H and O–H groups in total. The Morgan fingerprint density at radius 2 is 2.28 bits per heavy atom. The number of carbonyl (C=O) groups excluding carboxylic acids is 1. The fourth-order valence-corrected chi connectivity index (χ4v) is 2.32. The van der Waals surface area contributed by atoms with E-state index in [-0.39, 0.29) is 11.9 Å². The van der Waals surface area contributed by atoms with Crippen molar-refractivity contribution in [1.29, 1.82) is 0 Å². The van der Waals surface area contributed by atoms with Gasteiger partial charge in [0.1, 0.15) is 0 Å². The lowest BCUT2D eigenvalue weighted by molar-refractivity contribution is -0.116. The zero-order valence-electron chi connectivity index (χ0n) is 10.7. The number of rotatable bonds is 6. The maximum atomic E-state index is 11.7. The molecule has 0 atom stereocenters. The van der Waals surface area contributed by atoms with Crippen LogP contribution in [0.1, 0.15) is 45.4 Å². The van der Waals surface area contributed by atoms with Gasteiger partial charge in [0, 0.05) is 6.42 Å². The number of nitrogens with zero attached hydrogens (tertiary/aromatic N) is 2. The van der Waals surface area contributed by atoms with E-state index in [1.54, 1.807) is 0 Å². The standard InChI is InChI=1S/C12H20N4O2/c1-2-18-12-14-11(15-16-12)13-10(17)8-7-9-5-3-4-6-9/h9H,2-8H2,1H3,(H2,13,14,15,16,17). The molecule has 1 fully saturated rings. The van der Waals surface area contributed by atoms with Crippen LogP contribution in [0.15, 0.2) is 0 Å². The van der Waals surface area contributed by atoms with E-state index in [0.717, 1.165) is 12.3 Å². The number of ether oxygens (including phenoxy) is 1. The van der Waals surface area contributed by atoms with Crippen molar-refractivity contribution >= 4 is 11.9 Å². The summed E-state index contributed by atoms with van der Waals surface area (Å²) in [5.41, 5.74) is 0. The molecule has 1 aromatic rings. The molecule has 0 aromatic carbocycles. The fourth-order valence-electron chi connectivity index (χ4n) is 2.32. The lowest BCUT2D eigenvalue weighted by atomic mass is 10.0.